The number of hydrogen-bond donors (Lipinski definition) is 1. The smallest absolute Gasteiger partial charge is 0.00466 e. The first-order valence-corrected chi connectivity index (χ1v) is 4.94. The van der Waals surface area contributed by atoms with Crippen LogP contribution < -0.4 is 5.73 Å². The highest BCUT2D eigenvalue weighted by molar-refractivity contribution is 4.92. The van der Waals surface area contributed by atoms with Gasteiger partial charge in [-0.15, -0.1) is 0 Å². The van der Waals surface area contributed by atoms with Crippen LogP contribution in [0.15, 0.2) is 0 Å². The van der Waals surface area contributed by atoms with Gasteiger partial charge in [0.15, 0.2) is 0 Å². The molecule has 11 heavy (non-hydrogen) atoms. The van der Waals surface area contributed by atoms with Crippen molar-refractivity contribution < 1.29 is 0 Å². The molecule has 0 heterocycles. The summed E-state index contributed by atoms with van der Waals surface area (Å²) in [7, 11) is 0. The molecule has 2 saturated carbocycles. The molecule has 0 amide bonds. The van der Waals surface area contributed by atoms with Gasteiger partial charge in [0, 0.05) is 6.04 Å². The third kappa shape index (κ3) is 1.44. The van der Waals surface area contributed by atoms with Crippen molar-refractivity contribution in [3.63, 3.8) is 0 Å². The molecule has 0 aliphatic heterocycles. The minimum atomic E-state index is 0.513. The molecule has 2 N–H and O–H groups in total. The zero-order valence-electron chi connectivity index (χ0n) is 7.47. The molecule has 1 nitrogen and oxygen atoms in total. The lowest BCUT2D eigenvalue weighted by Gasteiger charge is -2.45. The first-order valence-electron chi connectivity index (χ1n) is 4.94. The van der Waals surface area contributed by atoms with Gasteiger partial charge in [0.2, 0.25) is 0 Å². The molecule has 3 atom stereocenters. The van der Waals surface area contributed by atoms with E-state index in [0.29, 0.717) is 11.5 Å². The van der Waals surface area contributed by atoms with Gasteiger partial charge in [0.25, 0.3) is 0 Å². The second-order valence-electron chi connectivity index (χ2n) is 4.97. The molecule has 2 bridgehead atoms. The molecule has 0 aromatic heterocycles. The molecule has 3 unspecified atom stereocenters. The first-order chi connectivity index (χ1) is 5.18. The summed E-state index contributed by atoms with van der Waals surface area (Å²) >= 11 is 0. The number of hydrogen-bond acceptors (Lipinski definition) is 1. The van der Waals surface area contributed by atoms with Gasteiger partial charge in [-0.25, -0.2) is 0 Å². The third-order valence-electron chi connectivity index (χ3n) is 3.57. The van der Waals surface area contributed by atoms with Gasteiger partial charge < -0.3 is 5.73 Å². The monoisotopic (exact) mass is 153 g/mol. The molecule has 2 rings (SSSR count). The number of fused-ring (bicyclic) bond motifs is 2. The highest BCUT2D eigenvalue weighted by Gasteiger charge is 2.38. The molecular weight excluding hydrogens is 134 g/mol. The maximum Gasteiger partial charge on any atom is 0.00466 e. The minimum Gasteiger partial charge on any atom is -0.328 e. The largest absolute Gasteiger partial charge is 0.328 e. The fourth-order valence-electron chi connectivity index (χ4n) is 3.25. The van der Waals surface area contributed by atoms with Gasteiger partial charge in [0.1, 0.15) is 0 Å². The van der Waals surface area contributed by atoms with E-state index in [2.05, 4.69) is 6.92 Å². The van der Waals surface area contributed by atoms with Crippen molar-refractivity contribution in [1.82, 2.24) is 0 Å². The fourth-order valence-corrected chi connectivity index (χ4v) is 3.25. The van der Waals surface area contributed by atoms with Gasteiger partial charge in [-0.05, 0) is 37.0 Å². The lowest BCUT2D eigenvalue weighted by Crippen LogP contribution is -2.40. The summed E-state index contributed by atoms with van der Waals surface area (Å²) in [5, 5.41) is 0. The molecule has 64 valence electrons. The van der Waals surface area contributed by atoms with E-state index >= 15 is 0 Å². The Morgan fingerprint density at radius 3 is 2.91 bits per heavy atom. The van der Waals surface area contributed by atoms with Crippen molar-refractivity contribution in [3.05, 3.63) is 0 Å². The maximum absolute atomic E-state index is 6.01. The van der Waals surface area contributed by atoms with E-state index in [4.69, 9.17) is 5.73 Å². The molecule has 2 aliphatic carbocycles. The van der Waals surface area contributed by atoms with Crippen LogP contribution in [0, 0.1) is 11.3 Å². The van der Waals surface area contributed by atoms with Crippen molar-refractivity contribution >= 4 is 0 Å². The SMILES string of the molecule is CC12CCCC(CC(N)C1)C2. The van der Waals surface area contributed by atoms with Crippen LogP contribution in [0.2, 0.25) is 0 Å². The summed E-state index contributed by atoms with van der Waals surface area (Å²) in [5.41, 5.74) is 6.64. The average Bonchev–Trinajstić information content (AvgIpc) is 1.82. The summed E-state index contributed by atoms with van der Waals surface area (Å²) in [6, 6.07) is 0.513. The summed E-state index contributed by atoms with van der Waals surface area (Å²) in [5.74, 6) is 0.970. The zero-order valence-corrected chi connectivity index (χ0v) is 7.47. The van der Waals surface area contributed by atoms with Gasteiger partial charge in [-0.1, -0.05) is 19.8 Å². The van der Waals surface area contributed by atoms with E-state index in [1.807, 2.05) is 0 Å². The van der Waals surface area contributed by atoms with Crippen LogP contribution in [0.5, 0.6) is 0 Å². The first kappa shape index (κ1) is 7.60. The third-order valence-corrected chi connectivity index (χ3v) is 3.57. The van der Waals surface area contributed by atoms with Gasteiger partial charge in [-0.3, -0.25) is 0 Å². The summed E-state index contributed by atoms with van der Waals surface area (Å²) in [6.45, 7) is 2.43. The van der Waals surface area contributed by atoms with Crippen molar-refractivity contribution in [3.8, 4) is 0 Å². The predicted molar refractivity (Wildman–Crippen MR) is 47.3 cm³/mol. The standard InChI is InChI=1S/C10H19N/c1-10-4-2-3-8(6-10)5-9(11)7-10/h8-9H,2-7,11H2,1H3. The quantitative estimate of drug-likeness (QED) is 0.568. The molecule has 0 saturated heterocycles. The molecule has 2 fully saturated rings. The normalized spacial score (nSPS) is 50.7. The Kier molecular flexibility index (Phi) is 1.71. The molecule has 1 heteroatoms. The van der Waals surface area contributed by atoms with E-state index < -0.39 is 0 Å². The minimum absolute atomic E-state index is 0.513. The Hall–Kier alpha value is -0.0400. The van der Waals surface area contributed by atoms with Crippen molar-refractivity contribution in [2.24, 2.45) is 17.1 Å². The fraction of sp³-hybridized carbons (Fsp3) is 1.00. The van der Waals surface area contributed by atoms with Crippen molar-refractivity contribution in [2.45, 2.75) is 51.5 Å². The van der Waals surface area contributed by atoms with Crippen LogP contribution in [0.4, 0.5) is 0 Å². The molecule has 0 aromatic carbocycles. The second-order valence-corrected chi connectivity index (χ2v) is 4.97. The Balaban J connectivity index is 2.09. The van der Waals surface area contributed by atoms with Gasteiger partial charge in [-0.2, -0.15) is 0 Å². The molecule has 2 aliphatic rings. The Bertz CT molecular complexity index is 151. The summed E-state index contributed by atoms with van der Waals surface area (Å²) in [4.78, 5) is 0. The van der Waals surface area contributed by atoms with Gasteiger partial charge in [0.05, 0.1) is 0 Å². The maximum atomic E-state index is 6.01. The van der Waals surface area contributed by atoms with Crippen LogP contribution in [0.25, 0.3) is 0 Å². The topological polar surface area (TPSA) is 26.0 Å². The van der Waals surface area contributed by atoms with Crippen LogP contribution >= 0.6 is 0 Å². The van der Waals surface area contributed by atoms with Gasteiger partial charge >= 0.3 is 0 Å². The predicted octanol–water partition coefficient (Wildman–Crippen LogP) is 2.30. The molecule has 0 spiro atoms. The van der Waals surface area contributed by atoms with Crippen LogP contribution in [-0.4, -0.2) is 6.04 Å². The zero-order chi connectivity index (χ0) is 7.90. The molecule has 0 aromatic rings. The molecular formula is C10H19N. The van der Waals surface area contributed by atoms with E-state index in [1.165, 1.54) is 38.5 Å². The number of rotatable bonds is 0. The van der Waals surface area contributed by atoms with E-state index in [-0.39, 0.29) is 0 Å². The lowest BCUT2D eigenvalue weighted by molar-refractivity contribution is 0.0820. The van der Waals surface area contributed by atoms with E-state index in [1.54, 1.807) is 0 Å². The summed E-state index contributed by atoms with van der Waals surface area (Å²) < 4.78 is 0. The summed E-state index contributed by atoms with van der Waals surface area (Å²) in [6.07, 6.45) is 8.37. The van der Waals surface area contributed by atoms with E-state index in [0.717, 1.165) is 5.92 Å². The Morgan fingerprint density at radius 1 is 1.36 bits per heavy atom. The Labute approximate surface area is 69.4 Å². The highest BCUT2D eigenvalue weighted by Crippen LogP contribution is 2.47. The average molecular weight is 153 g/mol. The van der Waals surface area contributed by atoms with Crippen molar-refractivity contribution in [2.75, 3.05) is 0 Å². The highest BCUT2D eigenvalue weighted by atomic mass is 14.7. The molecule has 0 radical (unpaired) electrons. The van der Waals surface area contributed by atoms with Crippen LogP contribution in [-0.2, 0) is 0 Å². The Morgan fingerprint density at radius 2 is 2.18 bits per heavy atom. The lowest BCUT2D eigenvalue weighted by atomic mass is 9.62. The van der Waals surface area contributed by atoms with Crippen LogP contribution in [0.1, 0.15) is 45.4 Å². The van der Waals surface area contributed by atoms with Crippen LogP contribution in [0.3, 0.4) is 0 Å². The number of nitrogens with two attached hydrogens (primary N) is 1. The van der Waals surface area contributed by atoms with E-state index in [9.17, 15) is 0 Å². The second kappa shape index (κ2) is 2.48. The van der Waals surface area contributed by atoms with Crippen molar-refractivity contribution in [1.29, 1.82) is 0 Å².